The average molecular weight is 252 g/mol. The average Bonchev–Trinajstić information content (AvgIpc) is 2.97. The van der Waals surface area contributed by atoms with Crippen molar-refractivity contribution in [3.8, 4) is 0 Å². The quantitative estimate of drug-likeness (QED) is 0.862. The van der Waals surface area contributed by atoms with Crippen molar-refractivity contribution in [3.63, 3.8) is 0 Å². The van der Waals surface area contributed by atoms with E-state index < -0.39 is 0 Å². The summed E-state index contributed by atoms with van der Waals surface area (Å²) in [5, 5.41) is 5.65. The Morgan fingerprint density at radius 2 is 2.39 bits per heavy atom. The van der Waals surface area contributed by atoms with Gasteiger partial charge in [0.15, 0.2) is 0 Å². The van der Waals surface area contributed by atoms with Crippen LogP contribution in [0.2, 0.25) is 0 Å². The molecule has 2 amide bonds. The van der Waals surface area contributed by atoms with E-state index in [9.17, 15) is 4.79 Å². The summed E-state index contributed by atoms with van der Waals surface area (Å²) in [5.41, 5.74) is 0. The number of furan rings is 1. The molecule has 1 aliphatic rings. The fourth-order valence-corrected chi connectivity index (χ4v) is 2.02. The van der Waals surface area contributed by atoms with Gasteiger partial charge >= 0.3 is 6.03 Å². The summed E-state index contributed by atoms with van der Waals surface area (Å²) in [6.45, 7) is 5.14. The predicted molar refractivity (Wildman–Crippen MR) is 67.4 cm³/mol. The Kier molecular flexibility index (Phi) is 4.25. The van der Waals surface area contributed by atoms with Crippen molar-refractivity contribution in [3.05, 3.63) is 23.7 Å². The topological polar surface area (TPSA) is 63.5 Å². The molecule has 0 aromatic carbocycles. The number of nitrogens with one attached hydrogen (secondary N) is 2. The van der Waals surface area contributed by atoms with Crippen molar-refractivity contribution in [2.75, 3.05) is 13.2 Å². The summed E-state index contributed by atoms with van der Waals surface area (Å²) in [5.74, 6) is 1.61. The summed E-state index contributed by atoms with van der Waals surface area (Å²) >= 11 is 0. The summed E-state index contributed by atoms with van der Waals surface area (Å²) in [6.07, 6.45) is 2.26. The third kappa shape index (κ3) is 3.50. The maximum Gasteiger partial charge on any atom is 0.315 e. The second-order valence-electron chi connectivity index (χ2n) is 4.66. The number of ether oxygens (including phenoxy) is 1. The summed E-state index contributed by atoms with van der Waals surface area (Å²) < 4.78 is 10.9. The van der Waals surface area contributed by atoms with Crippen LogP contribution in [0, 0.1) is 6.92 Å². The lowest BCUT2D eigenvalue weighted by Gasteiger charge is -2.14. The van der Waals surface area contributed by atoms with Gasteiger partial charge in [0.1, 0.15) is 11.5 Å². The third-order valence-electron chi connectivity index (χ3n) is 3.05. The van der Waals surface area contributed by atoms with E-state index in [1.54, 1.807) is 0 Å². The smallest absolute Gasteiger partial charge is 0.315 e. The number of carbonyl (C=O) groups excluding carboxylic acids is 1. The number of carbonyl (C=O) groups is 1. The van der Waals surface area contributed by atoms with Gasteiger partial charge in [0, 0.05) is 13.2 Å². The number of amides is 2. The molecular formula is C13H20N2O3. The van der Waals surface area contributed by atoms with Crippen LogP contribution in [-0.2, 0) is 4.74 Å². The van der Waals surface area contributed by atoms with Gasteiger partial charge in [0.2, 0.25) is 0 Å². The lowest BCUT2D eigenvalue weighted by atomic mass is 10.2. The van der Waals surface area contributed by atoms with Crippen molar-refractivity contribution >= 4 is 6.03 Å². The Morgan fingerprint density at radius 1 is 1.56 bits per heavy atom. The van der Waals surface area contributed by atoms with E-state index >= 15 is 0 Å². The van der Waals surface area contributed by atoms with Crippen LogP contribution in [0.4, 0.5) is 4.79 Å². The van der Waals surface area contributed by atoms with Crippen molar-refractivity contribution in [2.45, 2.75) is 38.8 Å². The second kappa shape index (κ2) is 5.91. The van der Waals surface area contributed by atoms with E-state index in [4.69, 9.17) is 9.15 Å². The lowest BCUT2D eigenvalue weighted by molar-refractivity contribution is 0.111. The normalized spacial score (nSPS) is 20.7. The molecule has 0 radical (unpaired) electrons. The molecule has 0 bridgehead atoms. The van der Waals surface area contributed by atoms with Crippen LogP contribution in [0.1, 0.15) is 37.3 Å². The molecule has 18 heavy (non-hydrogen) atoms. The molecule has 100 valence electrons. The molecule has 1 aromatic rings. The van der Waals surface area contributed by atoms with E-state index in [0.29, 0.717) is 6.54 Å². The summed E-state index contributed by atoms with van der Waals surface area (Å²) in [4.78, 5) is 11.7. The maximum atomic E-state index is 11.7. The SMILES string of the molecule is Cc1ccc([C@@H](C)NC(=O)NC[C@@H]2CCCO2)o1. The molecule has 0 unspecified atom stereocenters. The number of hydrogen-bond donors (Lipinski definition) is 2. The Bertz CT molecular complexity index is 397. The van der Waals surface area contributed by atoms with E-state index in [-0.39, 0.29) is 18.2 Å². The number of hydrogen-bond acceptors (Lipinski definition) is 3. The highest BCUT2D eigenvalue weighted by molar-refractivity contribution is 5.74. The zero-order valence-electron chi connectivity index (χ0n) is 10.9. The van der Waals surface area contributed by atoms with Crippen molar-refractivity contribution in [1.82, 2.24) is 10.6 Å². The molecule has 5 nitrogen and oxygen atoms in total. The lowest BCUT2D eigenvalue weighted by Crippen LogP contribution is -2.40. The van der Waals surface area contributed by atoms with Gasteiger partial charge < -0.3 is 19.8 Å². The van der Waals surface area contributed by atoms with Gasteiger partial charge in [-0.15, -0.1) is 0 Å². The first kappa shape index (κ1) is 13.0. The molecule has 0 saturated carbocycles. The standard InChI is InChI=1S/C13H20N2O3/c1-9-5-6-12(18-9)10(2)15-13(16)14-8-11-4-3-7-17-11/h5-6,10-11H,3-4,7-8H2,1-2H3,(H2,14,15,16)/t10-,11+/m1/s1. The second-order valence-corrected chi connectivity index (χ2v) is 4.66. The number of aryl methyl sites for hydroxylation is 1. The van der Waals surface area contributed by atoms with E-state index in [1.807, 2.05) is 26.0 Å². The number of urea groups is 1. The van der Waals surface area contributed by atoms with Crippen LogP contribution in [-0.4, -0.2) is 25.3 Å². The van der Waals surface area contributed by atoms with Crippen LogP contribution >= 0.6 is 0 Å². The van der Waals surface area contributed by atoms with Gasteiger partial charge in [-0.3, -0.25) is 0 Å². The largest absolute Gasteiger partial charge is 0.464 e. The predicted octanol–water partition coefficient (Wildman–Crippen LogP) is 2.13. The van der Waals surface area contributed by atoms with Gasteiger partial charge in [-0.05, 0) is 38.8 Å². The molecule has 1 aromatic heterocycles. The highest BCUT2D eigenvalue weighted by Gasteiger charge is 2.17. The van der Waals surface area contributed by atoms with E-state index in [1.165, 1.54) is 0 Å². The van der Waals surface area contributed by atoms with Gasteiger partial charge in [-0.1, -0.05) is 0 Å². The fourth-order valence-electron chi connectivity index (χ4n) is 2.02. The van der Waals surface area contributed by atoms with Crippen molar-refractivity contribution in [1.29, 1.82) is 0 Å². The Labute approximate surface area is 107 Å². The molecular weight excluding hydrogens is 232 g/mol. The monoisotopic (exact) mass is 252 g/mol. The van der Waals surface area contributed by atoms with E-state index in [2.05, 4.69) is 10.6 Å². The molecule has 2 N–H and O–H groups in total. The van der Waals surface area contributed by atoms with Crippen molar-refractivity contribution < 1.29 is 13.9 Å². The Balaban J connectivity index is 1.73. The Morgan fingerprint density at radius 3 is 3.00 bits per heavy atom. The van der Waals surface area contributed by atoms with Gasteiger partial charge in [-0.25, -0.2) is 4.79 Å². The molecule has 0 spiro atoms. The minimum Gasteiger partial charge on any atom is -0.464 e. The van der Waals surface area contributed by atoms with Gasteiger partial charge in [-0.2, -0.15) is 0 Å². The van der Waals surface area contributed by atoms with Crippen LogP contribution in [0.3, 0.4) is 0 Å². The van der Waals surface area contributed by atoms with E-state index in [0.717, 1.165) is 31.0 Å². The molecule has 0 aliphatic carbocycles. The molecule has 1 fully saturated rings. The maximum absolute atomic E-state index is 11.7. The van der Waals surface area contributed by atoms with Crippen LogP contribution in [0.25, 0.3) is 0 Å². The first-order valence-electron chi connectivity index (χ1n) is 6.37. The third-order valence-corrected chi connectivity index (χ3v) is 3.05. The summed E-state index contributed by atoms with van der Waals surface area (Å²) in [7, 11) is 0. The highest BCUT2D eigenvalue weighted by Crippen LogP contribution is 2.15. The first-order chi connectivity index (χ1) is 8.65. The Hall–Kier alpha value is -1.49. The molecule has 2 heterocycles. The molecule has 1 aliphatic heterocycles. The summed E-state index contributed by atoms with van der Waals surface area (Å²) in [6, 6.07) is 3.44. The molecule has 1 saturated heterocycles. The molecule has 2 atom stereocenters. The van der Waals surface area contributed by atoms with Crippen LogP contribution in [0.5, 0.6) is 0 Å². The molecule has 2 rings (SSSR count). The minimum atomic E-state index is -0.188. The first-order valence-corrected chi connectivity index (χ1v) is 6.37. The highest BCUT2D eigenvalue weighted by atomic mass is 16.5. The fraction of sp³-hybridized carbons (Fsp3) is 0.615. The van der Waals surface area contributed by atoms with Gasteiger partial charge in [0.05, 0.1) is 12.1 Å². The van der Waals surface area contributed by atoms with Gasteiger partial charge in [0.25, 0.3) is 0 Å². The molecule has 5 heteroatoms. The van der Waals surface area contributed by atoms with Crippen molar-refractivity contribution in [2.24, 2.45) is 0 Å². The minimum absolute atomic E-state index is 0.136. The van der Waals surface area contributed by atoms with Crippen LogP contribution < -0.4 is 10.6 Å². The zero-order chi connectivity index (χ0) is 13.0. The zero-order valence-corrected chi connectivity index (χ0v) is 10.9. The number of rotatable bonds is 4. The van der Waals surface area contributed by atoms with Crippen LogP contribution in [0.15, 0.2) is 16.5 Å².